The van der Waals surface area contributed by atoms with Crippen LogP contribution in [0.1, 0.15) is 58.8 Å². The molecule has 0 aliphatic heterocycles. The smallest absolute Gasteiger partial charge is 0.407 e. The van der Waals surface area contributed by atoms with Crippen molar-refractivity contribution in [1.82, 2.24) is 15.1 Å². The molecule has 1 aromatic carbocycles. The van der Waals surface area contributed by atoms with Crippen molar-refractivity contribution in [1.29, 1.82) is 0 Å². The minimum Gasteiger partial charge on any atom is -0.748 e. The molecule has 0 spiro atoms. The Labute approximate surface area is 218 Å². The minimum atomic E-state index is -3.92. The van der Waals surface area contributed by atoms with E-state index in [1.807, 2.05) is 43.7 Å². The van der Waals surface area contributed by atoms with Crippen LogP contribution in [-0.4, -0.2) is 71.4 Å². The molecule has 0 fully saturated rings. The molecule has 1 N–H and O–H groups in total. The number of hydrogen-bond donors (Lipinski definition) is 1. The lowest BCUT2D eigenvalue weighted by Crippen LogP contribution is -2.47. The van der Waals surface area contributed by atoms with E-state index >= 15 is 0 Å². The van der Waals surface area contributed by atoms with E-state index in [0.717, 1.165) is 46.5 Å². The molecular formula is C24H39BrN4O5S. The number of quaternary nitrogens is 1. The third-order valence-corrected chi connectivity index (χ3v) is 6.00. The number of carbonyl (C=O) groups excluding carboxylic acids is 1. The van der Waals surface area contributed by atoms with Crippen molar-refractivity contribution in [3.8, 4) is 0 Å². The minimum absolute atomic E-state index is 0.132. The van der Waals surface area contributed by atoms with E-state index in [9.17, 15) is 4.79 Å². The van der Waals surface area contributed by atoms with Crippen LogP contribution in [0.25, 0.3) is 0 Å². The zero-order valence-corrected chi connectivity index (χ0v) is 24.1. The SMILES string of the molecule is CC[N+](CC)(CC)Cc1cc(Br)nn1C(CNC(=O)OC(C)(C)C)c1ccccc1.CS(=O)(=O)[O-]. The first-order chi connectivity index (χ1) is 16.1. The molecular weight excluding hydrogens is 536 g/mol. The maximum absolute atomic E-state index is 12.3. The van der Waals surface area contributed by atoms with Crippen LogP contribution in [-0.2, 0) is 21.4 Å². The Morgan fingerprint density at radius 1 is 1.17 bits per heavy atom. The van der Waals surface area contributed by atoms with E-state index in [2.05, 4.69) is 60.2 Å². The van der Waals surface area contributed by atoms with Crippen molar-refractivity contribution >= 4 is 32.1 Å². The summed E-state index contributed by atoms with van der Waals surface area (Å²) < 4.78 is 36.5. The molecule has 9 nitrogen and oxygen atoms in total. The topological polar surface area (TPSA) is 113 Å². The zero-order chi connectivity index (χ0) is 26.9. The number of rotatable bonds is 9. The van der Waals surface area contributed by atoms with Gasteiger partial charge in [0.25, 0.3) is 0 Å². The van der Waals surface area contributed by atoms with Crippen LogP contribution in [0.4, 0.5) is 4.79 Å². The van der Waals surface area contributed by atoms with Crippen LogP contribution in [0, 0.1) is 0 Å². The van der Waals surface area contributed by atoms with Gasteiger partial charge in [0.05, 0.1) is 41.5 Å². The van der Waals surface area contributed by atoms with Gasteiger partial charge >= 0.3 is 6.09 Å². The fourth-order valence-electron chi connectivity index (χ4n) is 3.65. The van der Waals surface area contributed by atoms with Crippen LogP contribution in [0.15, 0.2) is 41.0 Å². The number of nitrogens with zero attached hydrogens (tertiary/aromatic N) is 3. The molecule has 0 aliphatic carbocycles. The Kier molecular flexibility index (Phi) is 11.9. The maximum Gasteiger partial charge on any atom is 0.407 e. The average Bonchev–Trinajstić information content (AvgIpc) is 3.10. The summed E-state index contributed by atoms with van der Waals surface area (Å²) in [5.41, 5.74) is 1.70. The normalized spacial score (nSPS) is 12.9. The monoisotopic (exact) mass is 574 g/mol. The van der Waals surface area contributed by atoms with Gasteiger partial charge in [-0.2, -0.15) is 5.10 Å². The molecule has 11 heteroatoms. The molecule has 2 rings (SSSR count). The Hall–Kier alpha value is -1.95. The van der Waals surface area contributed by atoms with Crippen LogP contribution >= 0.6 is 15.9 Å². The fraction of sp³-hybridized carbons (Fsp3) is 0.583. The molecule has 1 atom stereocenters. The number of benzene rings is 1. The highest BCUT2D eigenvalue weighted by Gasteiger charge is 2.27. The number of alkyl carbamates (subject to hydrolysis) is 1. The molecule has 2 aromatic rings. The van der Waals surface area contributed by atoms with E-state index in [1.165, 1.54) is 0 Å². The summed E-state index contributed by atoms with van der Waals surface area (Å²) in [6.07, 6.45) is 0.185. The number of halogens is 1. The van der Waals surface area contributed by atoms with Crippen molar-refractivity contribution in [3.05, 3.63) is 52.3 Å². The number of carbonyl (C=O) groups is 1. The third kappa shape index (κ3) is 11.6. The van der Waals surface area contributed by atoms with Crippen molar-refractivity contribution < 1.29 is 27.0 Å². The highest BCUT2D eigenvalue weighted by molar-refractivity contribution is 9.10. The molecule has 0 radical (unpaired) electrons. The molecule has 1 aromatic heterocycles. The van der Waals surface area contributed by atoms with Gasteiger partial charge in [-0.1, -0.05) is 30.3 Å². The molecule has 0 saturated carbocycles. The molecule has 0 saturated heterocycles. The first-order valence-corrected chi connectivity index (χ1v) is 14.3. The summed E-state index contributed by atoms with van der Waals surface area (Å²) in [6.45, 7) is 16.8. The Bertz CT molecular complexity index is 1020. The number of aromatic nitrogens is 2. The van der Waals surface area contributed by atoms with Crippen LogP contribution in [0.3, 0.4) is 0 Å². The van der Waals surface area contributed by atoms with Gasteiger partial charge in [0.1, 0.15) is 16.7 Å². The van der Waals surface area contributed by atoms with Gasteiger partial charge in [0.15, 0.2) is 0 Å². The number of ether oxygens (including phenoxy) is 1. The summed E-state index contributed by atoms with van der Waals surface area (Å²) in [5, 5.41) is 7.69. The summed E-state index contributed by atoms with van der Waals surface area (Å²) in [7, 11) is -3.92. The average molecular weight is 576 g/mol. The quantitative estimate of drug-likeness (QED) is 0.353. The molecule has 35 heavy (non-hydrogen) atoms. The van der Waals surface area contributed by atoms with Gasteiger partial charge in [-0.25, -0.2) is 13.2 Å². The number of hydrogen-bond acceptors (Lipinski definition) is 6. The predicted molar refractivity (Wildman–Crippen MR) is 140 cm³/mol. The second-order valence-electron chi connectivity index (χ2n) is 9.36. The van der Waals surface area contributed by atoms with Gasteiger partial charge in [-0.3, -0.25) is 4.68 Å². The van der Waals surface area contributed by atoms with Crippen molar-refractivity contribution in [2.75, 3.05) is 32.4 Å². The second kappa shape index (κ2) is 13.4. The fourth-order valence-corrected chi connectivity index (χ4v) is 4.09. The second-order valence-corrected chi connectivity index (χ2v) is 11.6. The van der Waals surface area contributed by atoms with Gasteiger partial charge in [0, 0.05) is 12.8 Å². The lowest BCUT2D eigenvalue weighted by atomic mass is 10.1. The largest absolute Gasteiger partial charge is 0.748 e. The molecule has 0 bridgehead atoms. The van der Waals surface area contributed by atoms with Crippen LogP contribution < -0.4 is 5.32 Å². The molecule has 198 valence electrons. The van der Waals surface area contributed by atoms with Crippen molar-refractivity contribution in [3.63, 3.8) is 0 Å². The highest BCUT2D eigenvalue weighted by Crippen LogP contribution is 2.25. The first-order valence-electron chi connectivity index (χ1n) is 11.6. The Balaban J connectivity index is 0.00000111. The van der Waals surface area contributed by atoms with Gasteiger partial charge in [-0.05, 0) is 69.1 Å². The van der Waals surface area contributed by atoms with E-state index in [0.29, 0.717) is 12.8 Å². The highest BCUT2D eigenvalue weighted by atomic mass is 79.9. The molecule has 1 amide bonds. The van der Waals surface area contributed by atoms with Gasteiger partial charge in [0.2, 0.25) is 0 Å². The van der Waals surface area contributed by atoms with Crippen molar-refractivity contribution in [2.45, 2.75) is 59.7 Å². The molecule has 0 aliphatic rings. The van der Waals surface area contributed by atoms with E-state index < -0.39 is 21.8 Å². The first kappa shape index (κ1) is 31.1. The van der Waals surface area contributed by atoms with Gasteiger partial charge < -0.3 is 19.1 Å². The summed E-state index contributed by atoms with van der Waals surface area (Å²) in [4.78, 5) is 12.3. The lowest BCUT2D eigenvalue weighted by molar-refractivity contribution is -0.936. The van der Waals surface area contributed by atoms with Crippen molar-refractivity contribution in [2.24, 2.45) is 0 Å². The van der Waals surface area contributed by atoms with Crippen LogP contribution in [0.2, 0.25) is 0 Å². The number of nitrogens with one attached hydrogen (secondary N) is 1. The van der Waals surface area contributed by atoms with E-state index in [4.69, 9.17) is 22.8 Å². The molecule has 1 heterocycles. The Morgan fingerprint density at radius 3 is 2.14 bits per heavy atom. The van der Waals surface area contributed by atoms with E-state index in [1.54, 1.807) is 0 Å². The van der Waals surface area contributed by atoms with Gasteiger partial charge in [-0.15, -0.1) is 0 Å². The third-order valence-electron chi connectivity index (χ3n) is 5.61. The van der Waals surface area contributed by atoms with E-state index in [-0.39, 0.29) is 6.04 Å². The summed E-state index contributed by atoms with van der Waals surface area (Å²) in [5.74, 6) is 0. The van der Waals surface area contributed by atoms with Crippen LogP contribution in [0.5, 0.6) is 0 Å². The predicted octanol–water partition coefficient (Wildman–Crippen LogP) is 4.30. The number of amides is 1. The summed E-state index contributed by atoms with van der Waals surface area (Å²) >= 11 is 3.57. The zero-order valence-electron chi connectivity index (χ0n) is 21.7. The Morgan fingerprint density at radius 2 is 1.69 bits per heavy atom. The standard InChI is InChI=1S/C23H35BrN4O2.CH4O3S/c1-7-28(8-2,9-3)17-19-15-21(24)26-27(19)20(18-13-11-10-12-14-18)16-25-22(29)30-23(4,5)6;1-5(2,3)4/h10-15,20H,7-9,16-17H2,1-6H3;1H3,(H,2,3,4). The summed E-state index contributed by atoms with van der Waals surface area (Å²) in [6, 6.07) is 12.1. The lowest BCUT2D eigenvalue weighted by Gasteiger charge is -2.36. The maximum atomic E-state index is 12.3. The molecule has 1 unspecified atom stereocenters.